The Labute approximate surface area is 114 Å². The van der Waals surface area contributed by atoms with E-state index in [2.05, 4.69) is 29.5 Å². The summed E-state index contributed by atoms with van der Waals surface area (Å²) in [5.74, 6) is 1.90. The van der Waals surface area contributed by atoms with E-state index in [-0.39, 0.29) is 6.04 Å². The number of hydrogen-bond acceptors (Lipinski definition) is 3. The van der Waals surface area contributed by atoms with Gasteiger partial charge in [0.25, 0.3) is 0 Å². The van der Waals surface area contributed by atoms with Crippen molar-refractivity contribution < 1.29 is 4.74 Å². The summed E-state index contributed by atoms with van der Waals surface area (Å²) >= 11 is 0. The molecule has 0 aliphatic rings. The Bertz CT molecular complexity index is 548. The molecule has 0 spiro atoms. The lowest BCUT2D eigenvalue weighted by molar-refractivity contribution is 0.401. The topological polar surface area (TPSA) is 53.1 Å². The van der Waals surface area contributed by atoms with Crippen LogP contribution in [0.1, 0.15) is 29.9 Å². The fourth-order valence-electron chi connectivity index (χ4n) is 2.27. The Morgan fingerprint density at radius 2 is 2.21 bits per heavy atom. The molecule has 2 N–H and O–H groups in total. The predicted octanol–water partition coefficient (Wildman–Crippen LogP) is 2.46. The van der Waals surface area contributed by atoms with E-state index in [9.17, 15) is 0 Å². The largest absolute Gasteiger partial charge is 0.496 e. The first-order valence-corrected chi connectivity index (χ1v) is 6.55. The van der Waals surface area contributed by atoms with Crippen LogP contribution in [-0.2, 0) is 13.0 Å². The molecule has 19 heavy (non-hydrogen) atoms. The number of hydrogen-bond donors (Lipinski definition) is 1. The average molecular weight is 259 g/mol. The summed E-state index contributed by atoms with van der Waals surface area (Å²) < 4.78 is 7.50. The molecule has 0 aliphatic carbocycles. The van der Waals surface area contributed by atoms with E-state index in [0.717, 1.165) is 23.6 Å². The third-order valence-electron chi connectivity index (χ3n) is 3.30. The van der Waals surface area contributed by atoms with Crippen LogP contribution >= 0.6 is 0 Å². The molecule has 1 atom stereocenters. The average Bonchev–Trinajstić information content (AvgIpc) is 2.85. The van der Waals surface area contributed by atoms with Crippen molar-refractivity contribution >= 4 is 0 Å². The van der Waals surface area contributed by atoms with Gasteiger partial charge in [0.2, 0.25) is 0 Å². The van der Waals surface area contributed by atoms with Crippen molar-refractivity contribution in [3.8, 4) is 5.75 Å². The van der Waals surface area contributed by atoms with E-state index >= 15 is 0 Å². The van der Waals surface area contributed by atoms with Crippen molar-refractivity contribution in [2.45, 2.75) is 32.9 Å². The van der Waals surface area contributed by atoms with Gasteiger partial charge in [-0.3, -0.25) is 0 Å². The fraction of sp³-hybridized carbons (Fsp3) is 0.400. The molecular weight excluding hydrogens is 238 g/mol. The van der Waals surface area contributed by atoms with Gasteiger partial charge in [-0.15, -0.1) is 0 Å². The van der Waals surface area contributed by atoms with Gasteiger partial charge in [-0.25, -0.2) is 4.98 Å². The van der Waals surface area contributed by atoms with Crippen molar-refractivity contribution in [3.63, 3.8) is 0 Å². The summed E-state index contributed by atoms with van der Waals surface area (Å²) in [5.41, 5.74) is 8.55. The molecule has 1 aromatic heterocycles. The zero-order chi connectivity index (χ0) is 13.8. The van der Waals surface area contributed by atoms with E-state index in [4.69, 9.17) is 10.5 Å². The zero-order valence-corrected chi connectivity index (χ0v) is 11.8. The number of benzene rings is 1. The minimum atomic E-state index is -0.102. The summed E-state index contributed by atoms with van der Waals surface area (Å²) in [4.78, 5) is 4.32. The summed E-state index contributed by atoms with van der Waals surface area (Å²) in [6.45, 7) is 4.87. The number of ether oxygens (including phenoxy) is 1. The maximum absolute atomic E-state index is 6.33. The number of aromatic nitrogens is 2. The quantitative estimate of drug-likeness (QED) is 0.897. The van der Waals surface area contributed by atoms with Crippen LogP contribution in [0, 0.1) is 6.92 Å². The Morgan fingerprint density at radius 3 is 2.89 bits per heavy atom. The second-order valence-corrected chi connectivity index (χ2v) is 4.70. The molecule has 1 heterocycles. The summed E-state index contributed by atoms with van der Waals surface area (Å²) in [7, 11) is 1.68. The van der Waals surface area contributed by atoms with Crippen LogP contribution in [0.15, 0.2) is 30.6 Å². The molecule has 2 aromatic rings. The molecule has 0 bridgehead atoms. The van der Waals surface area contributed by atoms with Gasteiger partial charge in [-0.1, -0.05) is 24.6 Å². The Morgan fingerprint density at radius 1 is 1.42 bits per heavy atom. The Balaban J connectivity index is 2.24. The van der Waals surface area contributed by atoms with E-state index in [1.165, 1.54) is 5.56 Å². The van der Waals surface area contributed by atoms with Crippen LogP contribution in [0.4, 0.5) is 0 Å². The van der Waals surface area contributed by atoms with Crippen molar-refractivity contribution in [2.24, 2.45) is 5.73 Å². The summed E-state index contributed by atoms with van der Waals surface area (Å²) in [6, 6.07) is 5.99. The standard InChI is InChI=1S/C15H21N3O/c1-4-15-17-7-8-18(15)10-13(16)12-9-11(2)5-6-14(12)19-3/h5-9,13H,4,10,16H2,1-3H3. The van der Waals surface area contributed by atoms with Crippen LogP contribution < -0.4 is 10.5 Å². The summed E-state index contributed by atoms with van der Waals surface area (Å²) in [6.07, 6.45) is 4.70. The van der Waals surface area contributed by atoms with Gasteiger partial charge in [0, 0.05) is 30.9 Å². The zero-order valence-electron chi connectivity index (χ0n) is 11.8. The van der Waals surface area contributed by atoms with E-state index in [1.54, 1.807) is 7.11 Å². The van der Waals surface area contributed by atoms with Gasteiger partial charge >= 0.3 is 0 Å². The molecule has 2 rings (SSSR count). The van der Waals surface area contributed by atoms with Crippen LogP contribution in [0.2, 0.25) is 0 Å². The highest BCUT2D eigenvalue weighted by molar-refractivity contribution is 5.39. The smallest absolute Gasteiger partial charge is 0.123 e. The lowest BCUT2D eigenvalue weighted by atomic mass is 10.0. The molecule has 0 saturated carbocycles. The van der Waals surface area contributed by atoms with Crippen LogP contribution in [-0.4, -0.2) is 16.7 Å². The molecule has 0 aliphatic heterocycles. The van der Waals surface area contributed by atoms with Gasteiger partial charge in [0.1, 0.15) is 11.6 Å². The molecule has 0 saturated heterocycles. The molecule has 1 unspecified atom stereocenters. The molecule has 4 heteroatoms. The van der Waals surface area contributed by atoms with Crippen molar-refractivity contribution in [3.05, 3.63) is 47.5 Å². The SMILES string of the molecule is CCc1nccn1CC(N)c1cc(C)ccc1OC. The molecule has 1 aromatic carbocycles. The number of nitrogens with two attached hydrogens (primary N) is 1. The lowest BCUT2D eigenvalue weighted by Gasteiger charge is -2.18. The van der Waals surface area contributed by atoms with E-state index in [0.29, 0.717) is 6.54 Å². The Hall–Kier alpha value is -1.81. The first kappa shape index (κ1) is 13.6. The van der Waals surface area contributed by atoms with Gasteiger partial charge in [0.05, 0.1) is 13.2 Å². The number of imidazole rings is 1. The fourth-order valence-corrected chi connectivity index (χ4v) is 2.27. The van der Waals surface area contributed by atoms with Crippen LogP contribution in [0.5, 0.6) is 5.75 Å². The van der Waals surface area contributed by atoms with Crippen molar-refractivity contribution in [1.29, 1.82) is 0 Å². The highest BCUT2D eigenvalue weighted by Crippen LogP contribution is 2.26. The maximum atomic E-state index is 6.33. The van der Waals surface area contributed by atoms with Gasteiger partial charge in [-0.2, -0.15) is 0 Å². The predicted molar refractivity (Wildman–Crippen MR) is 76.3 cm³/mol. The van der Waals surface area contributed by atoms with Crippen molar-refractivity contribution in [2.75, 3.05) is 7.11 Å². The number of methoxy groups -OCH3 is 1. The monoisotopic (exact) mass is 259 g/mol. The second-order valence-electron chi connectivity index (χ2n) is 4.70. The first-order chi connectivity index (χ1) is 9.15. The van der Waals surface area contributed by atoms with Crippen molar-refractivity contribution in [1.82, 2.24) is 9.55 Å². The lowest BCUT2D eigenvalue weighted by Crippen LogP contribution is -2.19. The minimum Gasteiger partial charge on any atom is -0.496 e. The van der Waals surface area contributed by atoms with Gasteiger partial charge in [-0.05, 0) is 13.0 Å². The molecule has 0 radical (unpaired) electrons. The first-order valence-electron chi connectivity index (χ1n) is 6.55. The van der Waals surface area contributed by atoms with E-state index in [1.807, 2.05) is 24.5 Å². The van der Waals surface area contributed by atoms with E-state index < -0.39 is 0 Å². The number of nitrogens with zero attached hydrogens (tertiary/aromatic N) is 2. The third-order valence-corrected chi connectivity index (χ3v) is 3.30. The van der Waals surface area contributed by atoms with Crippen LogP contribution in [0.3, 0.4) is 0 Å². The van der Waals surface area contributed by atoms with Crippen LogP contribution in [0.25, 0.3) is 0 Å². The maximum Gasteiger partial charge on any atom is 0.123 e. The Kier molecular flexibility index (Phi) is 4.22. The highest BCUT2D eigenvalue weighted by Gasteiger charge is 2.14. The normalized spacial score (nSPS) is 12.4. The van der Waals surface area contributed by atoms with Gasteiger partial charge < -0.3 is 15.0 Å². The minimum absolute atomic E-state index is 0.102. The molecule has 0 fully saturated rings. The highest BCUT2D eigenvalue weighted by atomic mass is 16.5. The molecule has 4 nitrogen and oxygen atoms in total. The summed E-state index contributed by atoms with van der Waals surface area (Å²) in [5, 5.41) is 0. The third kappa shape index (κ3) is 2.96. The number of rotatable bonds is 5. The second kappa shape index (κ2) is 5.89. The molecular formula is C15H21N3O. The number of aryl methyl sites for hydroxylation is 2. The van der Waals surface area contributed by atoms with Gasteiger partial charge in [0.15, 0.2) is 0 Å². The molecule has 102 valence electrons. The molecule has 0 amide bonds.